The molecule has 1 fully saturated rings. The van der Waals surface area contributed by atoms with E-state index < -0.39 is 41.7 Å². The molecule has 3 N–H and O–H groups in total. The number of carbonyl (C=O) groups is 3. The first-order chi connectivity index (χ1) is 18.8. The third-order valence-electron chi connectivity index (χ3n) is 6.54. The second-order valence-corrected chi connectivity index (χ2v) is 10.4. The minimum Gasteiger partial charge on any atom is -0.494 e. The highest BCUT2D eigenvalue weighted by molar-refractivity contribution is 14.1. The molecule has 3 aromatic rings. The largest absolute Gasteiger partial charge is 0.494 e. The van der Waals surface area contributed by atoms with Gasteiger partial charge in [0.25, 0.3) is 5.91 Å². The first-order valence-electron chi connectivity index (χ1n) is 12.6. The highest BCUT2D eigenvalue weighted by atomic mass is 127. The third-order valence-corrected chi connectivity index (χ3v) is 7.21. The third kappa shape index (κ3) is 6.74. The van der Waals surface area contributed by atoms with Crippen molar-refractivity contribution in [1.29, 1.82) is 0 Å². The summed E-state index contributed by atoms with van der Waals surface area (Å²) < 4.78 is 20.9. The zero-order chi connectivity index (χ0) is 27.9. The van der Waals surface area contributed by atoms with E-state index in [1.54, 1.807) is 37.3 Å². The topological polar surface area (TPSA) is 108 Å². The summed E-state index contributed by atoms with van der Waals surface area (Å²) in [7, 11) is 0. The van der Waals surface area contributed by atoms with Crippen LogP contribution in [0.5, 0.6) is 5.75 Å². The first-order valence-corrected chi connectivity index (χ1v) is 13.7. The fourth-order valence-corrected chi connectivity index (χ4v) is 4.90. The minimum atomic E-state index is -1.24. The number of rotatable bonds is 11. The van der Waals surface area contributed by atoms with Crippen LogP contribution in [0, 0.1) is 9.39 Å². The van der Waals surface area contributed by atoms with Gasteiger partial charge >= 0.3 is 6.03 Å². The number of imide groups is 1. The standard InChI is InChI=1S/C29H29FIN3O5/c1-18(19-7-3-2-4-8-19)26(27(36)32-24-14-11-21(31)17-23(24)30)34-28(37)25(33-29(34)38)20-9-12-22(13-10-20)39-16-6-5-15-35/h2-4,7-14,17-18,25-26,35H,5-6,15-16H2,1H3,(H,32,36)(H,33,38)/t18-,25+,26?/m0/s1. The maximum absolute atomic E-state index is 14.6. The maximum Gasteiger partial charge on any atom is 0.325 e. The molecule has 8 nitrogen and oxygen atoms in total. The number of nitrogens with zero attached hydrogens (tertiary/aromatic N) is 1. The molecule has 4 amide bonds. The number of anilines is 1. The molecule has 3 atom stereocenters. The van der Waals surface area contributed by atoms with Gasteiger partial charge in [-0.1, -0.05) is 49.4 Å². The predicted octanol–water partition coefficient (Wildman–Crippen LogP) is 4.99. The SMILES string of the molecule is C[C@@H](c1ccccc1)C(C(=O)Nc1ccc(I)cc1F)N1C(=O)N[C@H](c2ccc(OCCCCO)cc2)C1=O. The molecule has 204 valence electrons. The van der Waals surface area contributed by atoms with E-state index in [0.717, 1.165) is 10.5 Å². The van der Waals surface area contributed by atoms with Crippen molar-refractivity contribution >= 4 is 46.1 Å². The molecule has 1 saturated heterocycles. The zero-order valence-electron chi connectivity index (χ0n) is 21.3. The van der Waals surface area contributed by atoms with Gasteiger partial charge in [0.1, 0.15) is 23.7 Å². The maximum atomic E-state index is 14.6. The molecule has 39 heavy (non-hydrogen) atoms. The molecular formula is C29H29FIN3O5. The van der Waals surface area contributed by atoms with Gasteiger partial charge in [0.2, 0.25) is 5.91 Å². The van der Waals surface area contributed by atoms with Crippen molar-refractivity contribution in [3.63, 3.8) is 0 Å². The number of ether oxygens (including phenoxy) is 1. The normalized spacial score (nSPS) is 16.5. The number of aliphatic hydroxyl groups excluding tert-OH is 1. The van der Waals surface area contributed by atoms with Gasteiger partial charge in [-0.15, -0.1) is 0 Å². The molecule has 1 aliphatic heterocycles. The monoisotopic (exact) mass is 645 g/mol. The van der Waals surface area contributed by atoms with Gasteiger partial charge in [-0.2, -0.15) is 0 Å². The van der Waals surface area contributed by atoms with E-state index in [0.29, 0.717) is 34.3 Å². The molecule has 0 aromatic heterocycles. The number of amides is 4. The quantitative estimate of drug-likeness (QED) is 0.155. The molecule has 1 aliphatic rings. The summed E-state index contributed by atoms with van der Waals surface area (Å²) in [5.41, 5.74) is 1.24. The number of hydrogen-bond donors (Lipinski definition) is 3. The Bertz CT molecular complexity index is 1320. The number of urea groups is 1. The lowest BCUT2D eigenvalue weighted by atomic mass is 9.91. The van der Waals surface area contributed by atoms with Gasteiger partial charge in [0, 0.05) is 16.1 Å². The van der Waals surface area contributed by atoms with Crippen LogP contribution in [0.15, 0.2) is 72.8 Å². The van der Waals surface area contributed by atoms with Crippen LogP contribution in [0.2, 0.25) is 0 Å². The van der Waals surface area contributed by atoms with Gasteiger partial charge in [-0.3, -0.25) is 9.59 Å². The van der Waals surface area contributed by atoms with Crippen molar-refractivity contribution in [2.75, 3.05) is 18.5 Å². The van der Waals surface area contributed by atoms with E-state index in [2.05, 4.69) is 10.6 Å². The Hall–Kier alpha value is -3.51. The van der Waals surface area contributed by atoms with Gasteiger partial charge in [-0.05, 0) is 76.9 Å². The summed E-state index contributed by atoms with van der Waals surface area (Å²) in [5.74, 6) is -1.86. The van der Waals surface area contributed by atoms with Gasteiger partial charge in [0.15, 0.2) is 0 Å². The number of hydrogen-bond acceptors (Lipinski definition) is 5. The molecule has 3 aromatic carbocycles. The smallest absolute Gasteiger partial charge is 0.325 e. The molecule has 0 saturated carbocycles. The molecule has 0 bridgehead atoms. The van der Waals surface area contributed by atoms with Gasteiger partial charge in [0.05, 0.1) is 12.3 Å². The second kappa shape index (κ2) is 13.0. The van der Waals surface area contributed by atoms with Crippen LogP contribution in [0.25, 0.3) is 0 Å². The Labute approximate surface area is 239 Å². The lowest BCUT2D eigenvalue weighted by Gasteiger charge is -2.30. The fourth-order valence-electron chi connectivity index (χ4n) is 4.45. The predicted molar refractivity (Wildman–Crippen MR) is 153 cm³/mol. The zero-order valence-corrected chi connectivity index (χ0v) is 23.4. The van der Waals surface area contributed by atoms with Crippen molar-refractivity contribution in [3.8, 4) is 5.75 Å². The highest BCUT2D eigenvalue weighted by Crippen LogP contribution is 2.32. The van der Waals surface area contributed by atoms with Crippen LogP contribution in [-0.2, 0) is 9.59 Å². The number of aliphatic hydroxyl groups is 1. The Kier molecular flexibility index (Phi) is 9.52. The highest BCUT2D eigenvalue weighted by Gasteiger charge is 2.47. The minimum absolute atomic E-state index is 0.0381. The number of unbranched alkanes of at least 4 members (excludes halogenated alkanes) is 1. The van der Waals surface area contributed by atoms with E-state index in [4.69, 9.17) is 9.84 Å². The first kappa shape index (κ1) is 28.5. The fraction of sp³-hybridized carbons (Fsp3) is 0.276. The number of halogens is 2. The average Bonchev–Trinajstić information content (AvgIpc) is 3.22. The van der Waals surface area contributed by atoms with Crippen molar-refractivity contribution in [1.82, 2.24) is 10.2 Å². The van der Waals surface area contributed by atoms with Crippen molar-refractivity contribution < 1.29 is 28.6 Å². The van der Waals surface area contributed by atoms with Crippen LogP contribution < -0.4 is 15.4 Å². The molecule has 0 spiro atoms. The number of carbonyl (C=O) groups excluding carboxylic acids is 3. The summed E-state index contributed by atoms with van der Waals surface area (Å²) >= 11 is 1.97. The Morgan fingerprint density at radius 3 is 2.49 bits per heavy atom. The molecule has 10 heteroatoms. The van der Waals surface area contributed by atoms with Crippen molar-refractivity contribution in [3.05, 3.63) is 93.3 Å². The summed E-state index contributed by atoms with van der Waals surface area (Å²) in [6.07, 6.45) is 1.35. The van der Waals surface area contributed by atoms with Gasteiger partial charge < -0.3 is 20.5 Å². The van der Waals surface area contributed by atoms with Crippen LogP contribution in [-0.4, -0.2) is 47.1 Å². The van der Waals surface area contributed by atoms with Crippen molar-refractivity contribution in [2.45, 2.75) is 37.8 Å². The Balaban J connectivity index is 1.59. The number of benzene rings is 3. The van der Waals surface area contributed by atoms with Crippen LogP contribution in [0.4, 0.5) is 14.9 Å². The van der Waals surface area contributed by atoms with Gasteiger partial charge in [-0.25, -0.2) is 14.1 Å². The average molecular weight is 645 g/mol. The molecule has 1 heterocycles. The summed E-state index contributed by atoms with van der Waals surface area (Å²) in [6, 6.07) is 17.3. The van der Waals surface area contributed by atoms with E-state index >= 15 is 0 Å². The van der Waals surface area contributed by atoms with Crippen molar-refractivity contribution in [2.24, 2.45) is 0 Å². The number of nitrogens with one attached hydrogen (secondary N) is 2. The van der Waals surface area contributed by atoms with Crippen LogP contribution >= 0.6 is 22.6 Å². The van der Waals surface area contributed by atoms with Crippen LogP contribution in [0.1, 0.15) is 42.9 Å². The molecule has 0 aliphatic carbocycles. The van der Waals surface area contributed by atoms with Crippen LogP contribution in [0.3, 0.4) is 0 Å². The molecular weight excluding hydrogens is 616 g/mol. The lowest BCUT2D eigenvalue weighted by Crippen LogP contribution is -2.50. The summed E-state index contributed by atoms with van der Waals surface area (Å²) in [4.78, 5) is 41.3. The summed E-state index contributed by atoms with van der Waals surface area (Å²) in [5, 5.41) is 14.2. The lowest BCUT2D eigenvalue weighted by molar-refractivity contribution is -0.134. The summed E-state index contributed by atoms with van der Waals surface area (Å²) in [6.45, 7) is 2.30. The van der Waals surface area contributed by atoms with E-state index in [-0.39, 0.29) is 12.3 Å². The Morgan fingerprint density at radius 1 is 1.10 bits per heavy atom. The van der Waals surface area contributed by atoms with E-state index in [1.165, 1.54) is 12.1 Å². The van der Waals surface area contributed by atoms with E-state index in [1.807, 2.05) is 52.9 Å². The molecule has 1 unspecified atom stereocenters. The Morgan fingerprint density at radius 2 is 1.82 bits per heavy atom. The molecule has 4 rings (SSSR count). The second-order valence-electron chi connectivity index (χ2n) is 9.20. The van der Waals surface area contributed by atoms with E-state index in [9.17, 15) is 18.8 Å². The molecule has 0 radical (unpaired) electrons.